The first-order chi connectivity index (χ1) is 15.3. The van der Waals surface area contributed by atoms with Gasteiger partial charge in [0.25, 0.3) is 10.1 Å². The molecule has 0 amide bonds. The van der Waals surface area contributed by atoms with Crippen molar-refractivity contribution in [1.29, 1.82) is 0 Å². The number of benzene rings is 4. The first-order valence-corrected chi connectivity index (χ1v) is 11.2. The van der Waals surface area contributed by atoms with Crippen LogP contribution in [-0.2, 0) is 10.1 Å². The third kappa shape index (κ3) is 3.35. The quantitative estimate of drug-likeness (QED) is 0.335. The van der Waals surface area contributed by atoms with E-state index in [9.17, 15) is 18.1 Å². The molecule has 8 heteroatoms. The first-order valence-electron chi connectivity index (χ1n) is 9.72. The molecule has 0 aliphatic carbocycles. The molecule has 1 aromatic heterocycles. The number of methoxy groups -OCH3 is 1. The molecule has 5 rings (SSSR count). The molecule has 1 heterocycles. The molecule has 0 atom stereocenters. The van der Waals surface area contributed by atoms with Gasteiger partial charge in [0.05, 0.1) is 28.5 Å². The van der Waals surface area contributed by atoms with Gasteiger partial charge in [-0.05, 0) is 40.8 Å². The Kier molecular flexibility index (Phi) is 4.61. The summed E-state index contributed by atoms with van der Waals surface area (Å²) in [4.78, 5) is 7.53. The van der Waals surface area contributed by atoms with Crippen LogP contribution in [0.5, 0.6) is 11.5 Å². The Hall–Kier alpha value is -3.88. The van der Waals surface area contributed by atoms with Crippen LogP contribution in [0, 0.1) is 0 Å². The van der Waals surface area contributed by atoms with Crippen LogP contribution in [0.3, 0.4) is 0 Å². The predicted octanol–water partition coefficient (Wildman–Crippen LogP) is 5.01. The van der Waals surface area contributed by atoms with Crippen LogP contribution in [0.1, 0.15) is 0 Å². The minimum absolute atomic E-state index is 0.287. The number of aromatic nitrogens is 2. The Bertz CT molecular complexity index is 1590. The van der Waals surface area contributed by atoms with Crippen LogP contribution in [0.2, 0.25) is 0 Å². The molecule has 7 nitrogen and oxygen atoms in total. The Morgan fingerprint density at radius 1 is 0.938 bits per heavy atom. The van der Waals surface area contributed by atoms with Crippen LogP contribution in [-0.4, -0.2) is 35.2 Å². The molecule has 0 unspecified atom stereocenters. The molecular formula is C24H18N2O5S. The number of phenolic OH excluding ortho intramolecular Hbond substituents is 1. The molecule has 5 aromatic rings. The zero-order valence-corrected chi connectivity index (χ0v) is 17.7. The van der Waals surface area contributed by atoms with Gasteiger partial charge in [-0.25, -0.2) is 4.98 Å². The standard InChI is InChI=1S/C24H18N2O5S/c1-31-21-12-15(14-5-3-2-4-6-14)7-9-18(21)24-25-19-10-8-16-11-17(32(28,29)30)13-20(27)22(16)23(19)26-24/h2-13,27H,1H3,(H,25,26)(H,28,29,30). The first kappa shape index (κ1) is 20.0. The van der Waals surface area contributed by atoms with Gasteiger partial charge in [-0.2, -0.15) is 8.42 Å². The van der Waals surface area contributed by atoms with Crippen molar-refractivity contribution in [3.05, 3.63) is 72.8 Å². The maximum absolute atomic E-state index is 11.5. The van der Waals surface area contributed by atoms with E-state index in [1.165, 1.54) is 6.07 Å². The molecule has 4 aromatic carbocycles. The van der Waals surface area contributed by atoms with Crippen LogP contribution >= 0.6 is 0 Å². The predicted molar refractivity (Wildman–Crippen MR) is 123 cm³/mol. The van der Waals surface area contributed by atoms with E-state index in [1.807, 2.05) is 48.5 Å². The lowest BCUT2D eigenvalue weighted by molar-refractivity contribution is 0.416. The van der Waals surface area contributed by atoms with Gasteiger partial charge in [-0.1, -0.05) is 42.5 Å². The maximum atomic E-state index is 11.5. The van der Waals surface area contributed by atoms with Crippen molar-refractivity contribution in [2.24, 2.45) is 0 Å². The van der Waals surface area contributed by atoms with E-state index in [0.29, 0.717) is 33.4 Å². The normalized spacial score (nSPS) is 11.8. The molecular weight excluding hydrogens is 428 g/mol. The number of hydrogen-bond donors (Lipinski definition) is 3. The monoisotopic (exact) mass is 446 g/mol. The van der Waals surface area contributed by atoms with Crippen LogP contribution in [0.25, 0.3) is 44.3 Å². The highest BCUT2D eigenvalue weighted by molar-refractivity contribution is 7.85. The van der Waals surface area contributed by atoms with Crippen molar-refractivity contribution >= 4 is 31.9 Å². The number of phenols is 1. The third-order valence-electron chi connectivity index (χ3n) is 5.38. The van der Waals surface area contributed by atoms with E-state index in [1.54, 1.807) is 19.2 Å². The second-order valence-electron chi connectivity index (χ2n) is 7.34. The second-order valence-corrected chi connectivity index (χ2v) is 8.77. The summed E-state index contributed by atoms with van der Waals surface area (Å²) in [6.45, 7) is 0. The number of imidazole rings is 1. The molecule has 0 saturated carbocycles. The van der Waals surface area contributed by atoms with Crippen LogP contribution < -0.4 is 4.74 Å². The Morgan fingerprint density at radius 3 is 2.44 bits per heavy atom. The Morgan fingerprint density at radius 2 is 1.72 bits per heavy atom. The van der Waals surface area contributed by atoms with E-state index >= 15 is 0 Å². The van der Waals surface area contributed by atoms with Gasteiger partial charge in [0, 0.05) is 6.07 Å². The molecule has 0 bridgehead atoms. The van der Waals surface area contributed by atoms with Crippen molar-refractivity contribution in [3.8, 4) is 34.0 Å². The van der Waals surface area contributed by atoms with Gasteiger partial charge in [0.2, 0.25) is 0 Å². The summed E-state index contributed by atoms with van der Waals surface area (Å²) in [6.07, 6.45) is 0. The molecule has 0 aliphatic rings. The molecule has 0 fully saturated rings. The van der Waals surface area contributed by atoms with Gasteiger partial charge in [0.15, 0.2) is 0 Å². The highest BCUT2D eigenvalue weighted by Crippen LogP contribution is 2.37. The molecule has 32 heavy (non-hydrogen) atoms. The van der Waals surface area contributed by atoms with E-state index in [0.717, 1.165) is 22.8 Å². The van der Waals surface area contributed by atoms with E-state index in [2.05, 4.69) is 9.97 Å². The summed E-state index contributed by atoms with van der Waals surface area (Å²) >= 11 is 0. The number of aromatic amines is 1. The lowest BCUT2D eigenvalue weighted by atomic mass is 10.0. The van der Waals surface area contributed by atoms with E-state index in [-0.39, 0.29) is 10.6 Å². The Balaban J connectivity index is 1.68. The molecule has 0 radical (unpaired) electrons. The van der Waals surface area contributed by atoms with Crippen molar-refractivity contribution in [2.75, 3.05) is 7.11 Å². The SMILES string of the molecule is COc1cc(-c2ccccc2)ccc1-c1nc2c(ccc3cc(S(=O)(=O)O)cc(O)c32)[nH]1. The van der Waals surface area contributed by atoms with E-state index in [4.69, 9.17) is 4.74 Å². The van der Waals surface area contributed by atoms with Crippen LogP contribution in [0.15, 0.2) is 77.7 Å². The molecule has 0 saturated heterocycles. The fourth-order valence-corrected chi connectivity index (χ4v) is 4.39. The lowest BCUT2D eigenvalue weighted by Gasteiger charge is -2.09. The molecule has 160 valence electrons. The number of rotatable bonds is 4. The fourth-order valence-electron chi connectivity index (χ4n) is 3.86. The summed E-state index contributed by atoms with van der Waals surface area (Å²) in [5, 5.41) is 11.3. The van der Waals surface area contributed by atoms with Gasteiger partial charge >= 0.3 is 0 Å². The number of nitrogens with one attached hydrogen (secondary N) is 1. The van der Waals surface area contributed by atoms with Crippen molar-refractivity contribution in [1.82, 2.24) is 9.97 Å². The summed E-state index contributed by atoms with van der Waals surface area (Å²) < 4.78 is 37.9. The average Bonchev–Trinajstić information content (AvgIpc) is 3.22. The number of aromatic hydroxyl groups is 1. The third-order valence-corrected chi connectivity index (χ3v) is 6.21. The van der Waals surface area contributed by atoms with E-state index < -0.39 is 10.1 Å². The number of hydrogen-bond acceptors (Lipinski definition) is 5. The minimum atomic E-state index is -4.45. The van der Waals surface area contributed by atoms with Crippen LogP contribution in [0.4, 0.5) is 0 Å². The second kappa shape index (κ2) is 7.37. The number of fused-ring (bicyclic) bond motifs is 3. The highest BCUT2D eigenvalue weighted by atomic mass is 32.2. The number of H-pyrrole nitrogens is 1. The lowest BCUT2D eigenvalue weighted by Crippen LogP contribution is -1.97. The van der Waals surface area contributed by atoms with Crippen molar-refractivity contribution < 1.29 is 22.8 Å². The van der Waals surface area contributed by atoms with Gasteiger partial charge in [0.1, 0.15) is 22.8 Å². The molecule has 0 aliphatic heterocycles. The summed E-state index contributed by atoms with van der Waals surface area (Å²) in [7, 11) is -2.86. The smallest absolute Gasteiger partial charge is 0.294 e. The topological polar surface area (TPSA) is 113 Å². The van der Waals surface area contributed by atoms with Crippen molar-refractivity contribution in [2.45, 2.75) is 4.90 Å². The number of nitrogens with zero attached hydrogens (tertiary/aromatic N) is 1. The van der Waals surface area contributed by atoms with Crippen molar-refractivity contribution in [3.63, 3.8) is 0 Å². The Labute approximate surface area is 183 Å². The molecule has 3 N–H and O–H groups in total. The zero-order valence-electron chi connectivity index (χ0n) is 16.9. The maximum Gasteiger partial charge on any atom is 0.294 e. The molecule has 0 spiro atoms. The largest absolute Gasteiger partial charge is 0.507 e. The summed E-state index contributed by atoms with van der Waals surface area (Å²) in [5.41, 5.74) is 3.95. The van der Waals surface area contributed by atoms with Gasteiger partial charge in [-0.15, -0.1) is 0 Å². The summed E-state index contributed by atoms with van der Waals surface area (Å²) in [6, 6.07) is 21.5. The van der Waals surface area contributed by atoms with Gasteiger partial charge < -0.3 is 14.8 Å². The summed E-state index contributed by atoms with van der Waals surface area (Å²) in [5.74, 6) is 0.889. The fraction of sp³-hybridized carbons (Fsp3) is 0.0417. The highest BCUT2D eigenvalue weighted by Gasteiger charge is 2.18. The number of ether oxygens (including phenoxy) is 1. The zero-order chi connectivity index (χ0) is 22.5. The van der Waals surface area contributed by atoms with Gasteiger partial charge in [-0.3, -0.25) is 4.55 Å². The minimum Gasteiger partial charge on any atom is -0.507 e. The average molecular weight is 446 g/mol.